The Morgan fingerprint density at radius 3 is 2.39 bits per heavy atom. The molecule has 4 aromatic rings. The quantitative estimate of drug-likeness (QED) is 0.530. The van der Waals surface area contributed by atoms with Crippen LogP contribution in [0.1, 0.15) is 17.5 Å². The van der Waals surface area contributed by atoms with E-state index in [1.54, 1.807) is 67.6 Å². The Morgan fingerprint density at radius 1 is 1.04 bits per heavy atom. The molecule has 5 nitrogen and oxygen atoms in total. The van der Waals surface area contributed by atoms with Gasteiger partial charge in [0.25, 0.3) is 5.56 Å². The van der Waals surface area contributed by atoms with Gasteiger partial charge in [-0.25, -0.2) is 4.98 Å². The van der Waals surface area contributed by atoms with Crippen LogP contribution in [0.4, 0.5) is 4.39 Å². The number of aliphatic hydroxyl groups excluding tert-OH is 1. The van der Waals surface area contributed by atoms with Crippen LogP contribution >= 0.6 is 11.6 Å². The van der Waals surface area contributed by atoms with Crippen LogP contribution in [0.3, 0.4) is 0 Å². The summed E-state index contributed by atoms with van der Waals surface area (Å²) in [5.41, 5.74) is 0.858. The second-order valence-corrected chi connectivity index (χ2v) is 6.80. The van der Waals surface area contributed by atoms with E-state index < -0.39 is 17.7 Å². The van der Waals surface area contributed by atoms with E-state index in [4.69, 9.17) is 11.6 Å². The molecule has 28 heavy (non-hydrogen) atoms. The maximum Gasteiger partial charge on any atom is 0.277 e. The highest BCUT2D eigenvalue weighted by atomic mass is 35.5. The zero-order valence-electron chi connectivity index (χ0n) is 14.8. The average molecular weight is 396 g/mol. The molecule has 1 N–H and O–H groups in total. The molecule has 0 aliphatic heterocycles. The highest BCUT2D eigenvalue weighted by molar-refractivity contribution is 6.30. The van der Waals surface area contributed by atoms with E-state index in [1.807, 2.05) is 0 Å². The molecule has 2 heterocycles. The molecule has 2 aromatic carbocycles. The normalized spacial score (nSPS) is 12.3. The van der Waals surface area contributed by atoms with Crippen molar-refractivity contribution in [2.24, 2.45) is 0 Å². The number of fused-ring (bicyclic) bond motifs is 1. The van der Waals surface area contributed by atoms with E-state index in [2.05, 4.69) is 10.1 Å². The monoisotopic (exact) mass is 395 g/mol. The molecule has 0 aliphatic rings. The molecule has 0 aliphatic carbocycles. The lowest BCUT2D eigenvalue weighted by Gasteiger charge is -2.16. The Morgan fingerprint density at radius 2 is 1.71 bits per heavy atom. The van der Waals surface area contributed by atoms with Crippen LogP contribution in [0.15, 0.2) is 65.5 Å². The highest BCUT2D eigenvalue weighted by Gasteiger charge is 2.20. The molecule has 0 fully saturated rings. The number of aromatic nitrogens is 3. The molecule has 0 bridgehead atoms. The number of hydrogen-bond acceptors (Lipinski definition) is 4. The van der Waals surface area contributed by atoms with E-state index in [0.717, 1.165) is 4.68 Å². The Bertz CT molecular complexity index is 1240. The first-order chi connectivity index (χ1) is 13.5. The second kappa shape index (κ2) is 7.14. The van der Waals surface area contributed by atoms with Gasteiger partial charge < -0.3 is 5.11 Å². The summed E-state index contributed by atoms with van der Waals surface area (Å²) in [6.07, 6.45) is -1.35. The van der Waals surface area contributed by atoms with Crippen molar-refractivity contribution in [1.29, 1.82) is 0 Å². The van der Waals surface area contributed by atoms with Crippen LogP contribution in [0.5, 0.6) is 0 Å². The number of hydrogen-bond donors (Lipinski definition) is 1. The SMILES string of the molecule is Cc1ccc(-c2nn(C(O)c3ccc(Cl)cc3)c(=O)c3ccccc23)c(F)n1. The van der Waals surface area contributed by atoms with Crippen molar-refractivity contribution in [2.75, 3.05) is 0 Å². The van der Waals surface area contributed by atoms with E-state index in [-0.39, 0.29) is 11.3 Å². The molecule has 0 amide bonds. The summed E-state index contributed by atoms with van der Waals surface area (Å²) in [7, 11) is 0. The Labute approximate surface area is 164 Å². The van der Waals surface area contributed by atoms with Gasteiger partial charge in [0.2, 0.25) is 5.95 Å². The van der Waals surface area contributed by atoms with Gasteiger partial charge in [0.1, 0.15) is 5.69 Å². The fraction of sp³-hybridized carbons (Fsp3) is 0.0952. The van der Waals surface area contributed by atoms with Gasteiger partial charge in [-0.15, -0.1) is 0 Å². The third-order valence-electron chi connectivity index (χ3n) is 4.47. The van der Waals surface area contributed by atoms with E-state index in [0.29, 0.717) is 27.1 Å². The third kappa shape index (κ3) is 3.17. The largest absolute Gasteiger partial charge is 0.368 e. The molecule has 4 rings (SSSR count). The molecule has 0 saturated heterocycles. The van der Waals surface area contributed by atoms with Gasteiger partial charge in [-0.1, -0.05) is 41.9 Å². The Hall–Kier alpha value is -3.09. The van der Waals surface area contributed by atoms with Crippen molar-refractivity contribution in [3.05, 3.63) is 93.2 Å². The van der Waals surface area contributed by atoms with Crippen LogP contribution in [0.25, 0.3) is 22.0 Å². The van der Waals surface area contributed by atoms with Gasteiger partial charge in [-0.3, -0.25) is 4.79 Å². The Kier molecular flexibility index (Phi) is 4.66. The van der Waals surface area contributed by atoms with Gasteiger partial charge in [0.15, 0.2) is 6.23 Å². The summed E-state index contributed by atoms with van der Waals surface area (Å²) in [6, 6.07) is 16.4. The van der Waals surface area contributed by atoms with Gasteiger partial charge in [0, 0.05) is 21.7 Å². The predicted molar refractivity (Wildman–Crippen MR) is 106 cm³/mol. The summed E-state index contributed by atoms with van der Waals surface area (Å²) >= 11 is 5.89. The number of pyridine rings is 1. The van der Waals surface area contributed by atoms with Crippen molar-refractivity contribution in [1.82, 2.24) is 14.8 Å². The average Bonchev–Trinajstić information content (AvgIpc) is 2.69. The highest BCUT2D eigenvalue weighted by Crippen LogP contribution is 2.27. The van der Waals surface area contributed by atoms with Crippen molar-refractivity contribution in [3.63, 3.8) is 0 Å². The maximum absolute atomic E-state index is 14.5. The van der Waals surface area contributed by atoms with Crippen LogP contribution in [0, 0.1) is 12.9 Å². The fourth-order valence-corrected chi connectivity index (χ4v) is 3.18. The predicted octanol–water partition coefficient (Wildman–Crippen LogP) is 4.10. The first kappa shape index (κ1) is 18.3. The van der Waals surface area contributed by atoms with Crippen molar-refractivity contribution in [3.8, 4) is 11.3 Å². The zero-order chi connectivity index (χ0) is 19.8. The molecule has 2 aromatic heterocycles. The number of aliphatic hydroxyl groups is 1. The molecule has 1 atom stereocenters. The molecule has 1 unspecified atom stereocenters. The molecule has 140 valence electrons. The van der Waals surface area contributed by atoms with Crippen molar-refractivity contribution >= 4 is 22.4 Å². The lowest BCUT2D eigenvalue weighted by Crippen LogP contribution is -2.28. The summed E-state index contributed by atoms with van der Waals surface area (Å²) in [4.78, 5) is 16.8. The summed E-state index contributed by atoms with van der Waals surface area (Å²) in [6.45, 7) is 1.68. The third-order valence-corrected chi connectivity index (χ3v) is 4.72. The first-order valence-electron chi connectivity index (χ1n) is 8.54. The minimum absolute atomic E-state index is 0.152. The fourth-order valence-electron chi connectivity index (χ4n) is 3.05. The molecular weight excluding hydrogens is 381 g/mol. The van der Waals surface area contributed by atoms with Crippen LogP contribution < -0.4 is 5.56 Å². The van der Waals surface area contributed by atoms with Crippen LogP contribution in [-0.2, 0) is 0 Å². The summed E-state index contributed by atoms with van der Waals surface area (Å²) in [5.74, 6) is -0.691. The number of nitrogens with zero attached hydrogens (tertiary/aromatic N) is 3. The Balaban J connectivity index is 1.99. The maximum atomic E-state index is 14.5. The first-order valence-corrected chi connectivity index (χ1v) is 8.92. The topological polar surface area (TPSA) is 68.0 Å². The van der Waals surface area contributed by atoms with Gasteiger partial charge in [-0.2, -0.15) is 14.2 Å². The van der Waals surface area contributed by atoms with Crippen molar-refractivity contribution in [2.45, 2.75) is 13.2 Å². The lowest BCUT2D eigenvalue weighted by atomic mass is 10.1. The van der Waals surface area contributed by atoms with Crippen molar-refractivity contribution < 1.29 is 9.50 Å². The number of halogens is 2. The van der Waals surface area contributed by atoms with Crippen LogP contribution in [0.2, 0.25) is 5.02 Å². The minimum atomic E-state index is -1.35. The molecule has 0 radical (unpaired) electrons. The number of rotatable bonds is 3. The van der Waals surface area contributed by atoms with Gasteiger partial charge in [0.05, 0.1) is 10.9 Å². The molecular formula is C21H15ClFN3O2. The number of benzene rings is 2. The second-order valence-electron chi connectivity index (χ2n) is 6.36. The molecule has 0 spiro atoms. The standard InChI is InChI=1S/C21H15ClFN3O2/c1-12-6-11-17(19(23)24-12)18-15-4-2-3-5-16(15)21(28)26(25-18)20(27)13-7-9-14(22)10-8-13/h2-11,20,27H,1H3. The minimum Gasteiger partial charge on any atom is -0.368 e. The van der Waals surface area contributed by atoms with E-state index in [9.17, 15) is 14.3 Å². The van der Waals surface area contributed by atoms with Gasteiger partial charge >= 0.3 is 0 Å². The molecule has 0 saturated carbocycles. The van der Waals surface area contributed by atoms with E-state index in [1.165, 1.54) is 0 Å². The lowest BCUT2D eigenvalue weighted by molar-refractivity contribution is 0.127. The molecule has 7 heteroatoms. The van der Waals surface area contributed by atoms with Gasteiger partial charge in [-0.05, 0) is 37.3 Å². The zero-order valence-corrected chi connectivity index (χ0v) is 15.6. The van der Waals surface area contributed by atoms with Crippen LogP contribution in [-0.4, -0.2) is 19.9 Å². The number of aryl methyl sites for hydroxylation is 1. The van der Waals surface area contributed by atoms with E-state index >= 15 is 0 Å². The summed E-state index contributed by atoms with van der Waals surface area (Å²) in [5, 5.41) is 16.4. The summed E-state index contributed by atoms with van der Waals surface area (Å²) < 4.78 is 15.5. The smallest absolute Gasteiger partial charge is 0.277 e.